The Balaban J connectivity index is 2.32. The molecule has 1 aliphatic carbocycles. The summed E-state index contributed by atoms with van der Waals surface area (Å²) in [4.78, 5) is 26.7. The monoisotopic (exact) mass is 620 g/mol. The Hall–Kier alpha value is -4.42. The molecule has 0 radical (unpaired) electrons. The van der Waals surface area contributed by atoms with Gasteiger partial charge in [-0.05, 0) is 92.2 Å². The number of ketones is 2. The van der Waals surface area contributed by atoms with E-state index in [0.717, 1.165) is 32.0 Å². The van der Waals surface area contributed by atoms with Crippen molar-refractivity contribution in [2.24, 2.45) is 5.92 Å². The van der Waals surface area contributed by atoms with Crippen molar-refractivity contribution in [2.75, 3.05) is 6.61 Å². The predicted octanol–water partition coefficient (Wildman–Crippen LogP) is 9.33. The average Bonchev–Trinajstić information content (AvgIpc) is 3.51. The Kier molecular flexibility index (Phi) is 16.2. The van der Waals surface area contributed by atoms with Gasteiger partial charge in [-0.3, -0.25) is 9.59 Å². The molecule has 0 fully saturated rings. The van der Waals surface area contributed by atoms with Gasteiger partial charge in [-0.25, -0.2) is 0 Å². The van der Waals surface area contributed by atoms with E-state index in [4.69, 9.17) is 4.74 Å². The number of allylic oxidation sites excluding steroid dienone is 12. The normalized spacial score (nSPS) is 16.7. The molecule has 1 aromatic rings. The van der Waals surface area contributed by atoms with E-state index in [2.05, 4.69) is 43.0 Å². The Bertz CT molecular complexity index is 1590. The molecule has 0 aliphatic heterocycles. The lowest BCUT2D eigenvalue weighted by molar-refractivity contribution is -0.121. The van der Waals surface area contributed by atoms with E-state index in [-0.39, 0.29) is 30.5 Å². The fourth-order valence-electron chi connectivity index (χ4n) is 4.42. The first-order chi connectivity index (χ1) is 21.6. The summed E-state index contributed by atoms with van der Waals surface area (Å²) in [6, 6.07) is 3.83. The number of hydrogen-bond donors (Lipinski definition) is 1. The first-order valence-corrected chi connectivity index (χ1v) is 15.9. The summed E-state index contributed by atoms with van der Waals surface area (Å²) < 4.78 is 5.75. The molecule has 4 nitrogen and oxygen atoms in total. The molecule has 2 rings (SSSR count). The van der Waals surface area contributed by atoms with Crippen molar-refractivity contribution in [3.8, 4) is 11.8 Å². The number of aliphatic hydroxyl groups excluding tert-OH is 1. The van der Waals surface area contributed by atoms with Gasteiger partial charge in [-0.2, -0.15) is 0 Å². The van der Waals surface area contributed by atoms with Crippen LogP contribution in [0, 0.1) is 17.8 Å². The smallest absolute Gasteiger partial charge is 0.167 e. The first-order valence-electron chi connectivity index (χ1n) is 15.1. The van der Waals surface area contributed by atoms with Crippen LogP contribution < -0.4 is 0 Å². The van der Waals surface area contributed by atoms with E-state index in [9.17, 15) is 14.7 Å². The maximum Gasteiger partial charge on any atom is 0.167 e. The summed E-state index contributed by atoms with van der Waals surface area (Å²) in [5.41, 5.74) is 10.6. The van der Waals surface area contributed by atoms with Crippen LogP contribution in [-0.2, 0) is 14.3 Å². The van der Waals surface area contributed by atoms with Crippen LogP contribution in [0.4, 0.5) is 0 Å². The largest absolute Gasteiger partial charge is 0.489 e. The van der Waals surface area contributed by atoms with Crippen LogP contribution in [0.15, 0.2) is 132 Å². The first kappa shape index (κ1) is 36.8. The minimum absolute atomic E-state index is 0.0347. The summed E-state index contributed by atoms with van der Waals surface area (Å²) in [5.74, 6) is 6.19. The number of hydrogen-bond acceptors (Lipinski definition) is 5. The highest BCUT2D eigenvalue weighted by Gasteiger charge is 2.21. The molecule has 5 heteroatoms. The van der Waals surface area contributed by atoms with Gasteiger partial charge in [0, 0.05) is 28.9 Å². The van der Waals surface area contributed by atoms with Crippen LogP contribution in [0.3, 0.4) is 0 Å². The topological polar surface area (TPSA) is 63.6 Å². The number of rotatable bonds is 14. The molecule has 1 N–H and O–H groups in total. The molecule has 234 valence electrons. The van der Waals surface area contributed by atoms with Gasteiger partial charge < -0.3 is 9.84 Å². The van der Waals surface area contributed by atoms with Gasteiger partial charge in [0.05, 0.1) is 11.0 Å². The molecule has 1 heterocycles. The van der Waals surface area contributed by atoms with Gasteiger partial charge >= 0.3 is 0 Å². The molecule has 0 saturated carbocycles. The summed E-state index contributed by atoms with van der Waals surface area (Å²) >= 11 is 1.48. The van der Waals surface area contributed by atoms with Gasteiger partial charge in [0.25, 0.3) is 0 Å². The molecule has 0 bridgehead atoms. The zero-order chi connectivity index (χ0) is 33.2. The van der Waals surface area contributed by atoms with Crippen molar-refractivity contribution < 1.29 is 19.4 Å². The molecular formula is C40H44O4S. The second-order valence-electron chi connectivity index (χ2n) is 10.8. The second kappa shape index (κ2) is 19.8. The summed E-state index contributed by atoms with van der Waals surface area (Å²) in [7, 11) is 0. The van der Waals surface area contributed by atoms with Crippen LogP contribution in [-0.4, -0.2) is 23.3 Å². The van der Waals surface area contributed by atoms with Crippen LogP contribution >= 0.6 is 11.3 Å². The van der Waals surface area contributed by atoms with Crippen molar-refractivity contribution in [2.45, 2.75) is 65.9 Å². The lowest BCUT2D eigenvalue weighted by atomic mass is 9.92. The molecule has 0 aromatic carbocycles. The van der Waals surface area contributed by atoms with Gasteiger partial charge in [-0.1, -0.05) is 75.8 Å². The Morgan fingerprint density at radius 3 is 2.71 bits per heavy atom. The number of aliphatic hydroxyl groups is 1. The molecular weight excluding hydrogens is 577 g/mol. The quantitative estimate of drug-likeness (QED) is 0.128. The van der Waals surface area contributed by atoms with Gasteiger partial charge in [0.15, 0.2) is 11.6 Å². The van der Waals surface area contributed by atoms with Crippen molar-refractivity contribution >= 4 is 22.9 Å². The minimum Gasteiger partial charge on any atom is -0.489 e. The number of thiophene rings is 1. The predicted molar refractivity (Wildman–Crippen MR) is 188 cm³/mol. The second-order valence-corrected chi connectivity index (χ2v) is 11.9. The lowest BCUT2D eigenvalue weighted by Gasteiger charge is -2.17. The van der Waals surface area contributed by atoms with Crippen molar-refractivity contribution in [1.82, 2.24) is 0 Å². The highest BCUT2D eigenvalue weighted by Crippen LogP contribution is 2.28. The molecule has 1 atom stereocenters. The van der Waals surface area contributed by atoms with E-state index in [1.54, 1.807) is 12.2 Å². The lowest BCUT2D eigenvalue weighted by Crippen LogP contribution is -2.15. The summed E-state index contributed by atoms with van der Waals surface area (Å²) in [6.07, 6.45) is 18.4. The zero-order valence-electron chi connectivity index (χ0n) is 26.9. The van der Waals surface area contributed by atoms with Gasteiger partial charge in [0.1, 0.15) is 12.4 Å². The van der Waals surface area contributed by atoms with E-state index >= 15 is 0 Å². The van der Waals surface area contributed by atoms with Crippen LogP contribution in [0.25, 0.3) is 0 Å². The Labute approximate surface area is 273 Å². The molecule has 0 spiro atoms. The van der Waals surface area contributed by atoms with Crippen LogP contribution in [0.2, 0.25) is 0 Å². The standard InChI is InChI=1S/C40H44O4S/c1-8-11-15-32(21-25-36(42)39-26-24-35(45-39)17-12-9-2)19-22-34(30(6)10-3)23-20-33-16-13-14-18-38(44-28-31(7)41)40(29(4)5)37(43)27-33/h8-11,14-16,19-20,24,26,29,36,42H,2-3,6,18,21,23,25,27-28H2,1,4-5,7H3/b11-8+,32-15+,33-20+,40-38+/t13?,22?,36-/m0/s1. The maximum absolute atomic E-state index is 13.4. The highest BCUT2D eigenvalue weighted by molar-refractivity contribution is 7.12. The van der Waals surface area contributed by atoms with Crippen molar-refractivity contribution in [3.63, 3.8) is 0 Å². The molecule has 1 aliphatic rings. The SMILES string of the molecule is C=CC#Cc1ccc([C@@H](O)CC/C(C=C=C(C/C=C2\C=C=CC/C(OCC(C)=O)=C(/C(C)C)C(=O)C2)C(=C)C=C)=C/C=C/C)s1. The Morgan fingerprint density at radius 1 is 1.27 bits per heavy atom. The fraction of sp³-hybridized carbons (Fsp3) is 0.300. The number of carbonyl (C=O) groups excluding carboxylic acids is 2. The van der Waals surface area contributed by atoms with Crippen LogP contribution in [0.5, 0.6) is 0 Å². The third-order valence-electron chi connectivity index (χ3n) is 6.76. The van der Waals surface area contributed by atoms with Gasteiger partial charge in [-0.15, -0.1) is 22.8 Å². The van der Waals surface area contributed by atoms with E-state index in [1.807, 2.05) is 75.4 Å². The molecule has 45 heavy (non-hydrogen) atoms. The van der Waals surface area contributed by atoms with Crippen molar-refractivity contribution in [1.29, 1.82) is 0 Å². The number of ether oxygens (including phenoxy) is 1. The van der Waals surface area contributed by atoms with E-state index in [0.29, 0.717) is 37.0 Å². The third-order valence-corrected chi connectivity index (χ3v) is 7.86. The number of Topliss-reactive ketones (excluding diaryl/α,β-unsaturated/α-hetero) is 2. The van der Waals surface area contributed by atoms with Crippen molar-refractivity contribution in [3.05, 3.63) is 141 Å². The van der Waals surface area contributed by atoms with Crippen LogP contribution in [0.1, 0.15) is 75.7 Å². The minimum atomic E-state index is -0.605. The molecule has 0 unspecified atom stereocenters. The molecule has 0 amide bonds. The number of carbonyl (C=O) groups is 2. The Morgan fingerprint density at radius 2 is 2.04 bits per heavy atom. The molecule has 0 saturated heterocycles. The fourth-order valence-corrected chi connectivity index (χ4v) is 5.31. The third kappa shape index (κ3) is 13.0. The highest BCUT2D eigenvalue weighted by atomic mass is 32.1. The summed E-state index contributed by atoms with van der Waals surface area (Å²) in [5, 5.41) is 10.8. The summed E-state index contributed by atoms with van der Waals surface area (Å²) in [6.45, 7) is 18.9. The van der Waals surface area contributed by atoms with E-state index in [1.165, 1.54) is 18.3 Å². The molecule has 1 aromatic heterocycles. The van der Waals surface area contributed by atoms with E-state index < -0.39 is 6.10 Å². The average molecular weight is 621 g/mol. The van der Waals surface area contributed by atoms with Gasteiger partial charge in [0.2, 0.25) is 0 Å². The zero-order valence-corrected chi connectivity index (χ0v) is 27.8. The maximum atomic E-state index is 13.4.